The number of hydrogen-bond donors (Lipinski definition) is 1. The molecule has 0 heterocycles. The molecule has 0 spiro atoms. The van der Waals surface area contributed by atoms with Crippen LogP contribution in [0.25, 0.3) is 0 Å². The van der Waals surface area contributed by atoms with Crippen LogP contribution in [0.15, 0.2) is 52.5 Å². The summed E-state index contributed by atoms with van der Waals surface area (Å²) in [5, 5.41) is 4.63. The van der Waals surface area contributed by atoms with Gasteiger partial charge in [0.05, 0.1) is 19.2 Å². The second-order valence-corrected chi connectivity index (χ2v) is 6.90. The zero-order valence-electron chi connectivity index (χ0n) is 14.3. The number of amides is 1. The lowest BCUT2D eigenvalue weighted by molar-refractivity contribution is -0.120. The van der Waals surface area contributed by atoms with Crippen LogP contribution in [0.5, 0.6) is 5.75 Å². The maximum atomic E-state index is 12.1. The number of carbonyl (C=O) groups excluding carboxylic acids is 1. The molecule has 6 heteroatoms. The third-order valence-corrected chi connectivity index (χ3v) is 4.50. The van der Waals surface area contributed by atoms with Crippen LogP contribution >= 0.6 is 23.4 Å². The first-order valence-electron chi connectivity index (χ1n) is 8.08. The zero-order valence-corrected chi connectivity index (χ0v) is 15.9. The summed E-state index contributed by atoms with van der Waals surface area (Å²) in [5.74, 6) is 1.57. The lowest BCUT2D eigenvalue weighted by Crippen LogP contribution is -2.20. The molecule has 0 saturated heterocycles. The van der Waals surface area contributed by atoms with Gasteiger partial charge in [-0.1, -0.05) is 18.5 Å². The van der Waals surface area contributed by atoms with E-state index in [0.29, 0.717) is 11.6 Å². The van der Waals surface area contributed by atoms with Gasteiger partial charge in [-0.2, -0.15) is 5.10 Å². The third-order valence-electron chi connectivity index (χ3n) is 3.27. The number of hydrogen-bond acceptors (Lipinski definition) is 4. The van der Waals surface area contributed by atoms with E-state index in [0.717, 1.165) is 27.5 Å². The fraction of sp³-hybridized carbons (Fsp3) is 0.263. The quantitative estimate of drug-likeness (QED) is 0.418. The fourth-order valence-electron chi connectivity index (χ4n) is 2.19. The van der Waals surface area contributed by atoms with Crippen molar-refractivity contribution in [2.45, 2.75) is 25.2 Å². The molecule has 0 radical (unpaired) electrons. The number of carbonyl (C=O) groups is 1. The van der Waals surface area contributed by atoms with E-state index in [-0.39, 0.29) is 12.3 Å². The Morgan fingerprint density at radius 3 is 2.68 bits per heavy atom. The van der Waals surface area contributed by atoms with Crippen molar-refractivity contribution >= 4 is 35.5 Å². The standard InChI is InChI=1S/C19H21ClN2O2S/c1-3-24-17-8-5-14(6-9-17)13-21-22-19(23)12-15-11-16(20)7-10-18(15)25-4-2/h5-11,13H,3-4,12H2,1-2H3,(H,22,23)/b21-13-. The number of ether oxygens (including phenoxy) is 1. The second-order valence-electron chi connectivity index (χ2n) is 5.16. The minimum absolute atomic E-state index is 0.178. The number of nitrogens with zero attached hydrogens (tertiary/aromatic N) is 1. The van der Waals surface area contributed by atoms with Crippen molar-refractivity contribution in [1.82, 2.24) is 5.43 Å². The van der Waals surface area contributed by atoms with E-state index in [9.17, 15) is 4.79 Å². The molecule has 0 aromatic heterocycles. The average Bonchev–Trinajstić information content (AvgIpc) is 2.59. The van der Waals surface area contributed by atoms with Crippen LogP contribution in [0.2, 0.25) is 5.02 Å². The summed E-state index contributed by atoms with van der Waals surface area (Å²) < 4.78 is 5.38. The van der Waals surface area contributed by atoms with Gasteiger partial charge in [0, 0.05) is 9.92 Å². The van der Waals surface area contributed by atoms with E-state index in [1.807, 2.05) is 49.4 Å². The Hall–Kier alpha value is -1.98. The Bertz CT molecular complexity index is 733. The molecular weight excluding hydrogens is 356 g/mol. The van der Waals surface area contributed by atoms with Crippen molar-refractivity contribution in [1.29, 1.82) is 0 Å². The predicted octanol–water partition coefficient (Wildman–Crippen LogP) is 4.54. The van der Waals surface area contributed by atoms with Crippen LogP contribution in [0.1, 0.15) is 25.0 Å². The van der Waals surface area contributed by atoms with Crippen molar-refractivity contribution in [3.05, 3.63) is 58.6 Å². The predicted molar refractivity (Wildman–Crippen MR) is 105 cm³/mol. The van der Waals surface area contributed by atoms with Gasteiger partial charge < -0.3 is 4.74 Å². The minimum Gasteiger partial charge on any atom is -0.494 e. The highest BCUT2D eigenvalue weighted by molar-refractivity contribution is 7.99. The van der Waals surface area contributed by atoms with Crippen molar-refractivity contribution in [3.8, 4) is 5.75 Å². The Kier molecular flexibility index (Phi) is 7.82. The molecule has 2 aromatic carbocycles. The van der Waals surface area contributed by atoms with Crippen LogP contribution in [0, 0.1) is 0 Å². The molecule has 0 saturated carbocycles. The monoisotopic (exact) mass is 376 g/mol. The molecule has 0 aliphatic heterocycles. The van der Waals surface area contributed by atoms with Crippen molar-refractivity contribution in [2.24, 2.45) is 5.10 Å². The summed E-state index contributed by atoms with van der Waals surface area (Å²) in [5.41, 5.74) is 4.35. The summed E-state index contributed by atoms with van der Waals surface area (Å²) >= 11 is 7.73. The largest absolute Gasteiger partial charge is 0.494 e. The minimum atomic E-state index is -0.178. The van der Waals surface area contributed by atoms with Crippen molar-refractivity contribution < 1.29 is 9.53 Å². The molecule has 0 aliphatic carbocycles. The molecule has 0 atom stereocenters. The number of nitrogens with one attached hydrogen (secondary N) is 1. The summed E-state index contributed by atoms with van der Waals surface area (Å²) in [4.78, 5) is 13.2. The maximum Gasteiger partial charge on any atom is 0.244 e. The highest BCUT2D eigenvalue weighted by atomic mass is 35.5. The van der Waals surface area contributed by atoms with Gasteiger partial charge >= 0.3 is 0 Å². The van der Waals surface area contributed by atoms with E-state index >= 15 is 0 Å². The molecule has 4 nitrogen and oxygen atoms in total. The van der Waals surface area contributed by atoms with E-state index in [2.05, 4.69) is 17.5 Å². The van der Waals surface area contributed by atoms with E-state index in [1.54, 1.807) is 18.0 Å². The first kappa shape index (κ1) is 19.3. The fourth-order valence-corrected chi connectivity index (χ4v) is 3.18. The molecule has 2 rings (SSSR count). The topological polar surface area (TPSA) is 50.7 Å². The summed E-state index contributed by atoms with van der Waals surface area (Å²) in [6, 6.07) is 13.1. The zero-order chi connectivity index (χ0) is 18.1. The van der Waals surface area contributed by atoms with E-state index in [4.69, 9.17) is 16.3 Å². The van der Waals surface area contributed by atoms with Gasteiger partial charge in [-0.15, -0.1) is 11.8 Å². The number of benzene rings is 2. The van der Waals surface area contributed by atoms with Gasteiger partial charge in [0.2, 0.25) is 5.91 Å². The molecule has 1 N–H and O–H groups in total. The molecule has 132 valence electrons. The summed E-state index contributed by atoms with van der Waals surface area (Å²) in [6.07, 6.45) is 1.84. The second kappa shape index (κ2) is 10.1. The number of halogens is 1. The van der Waals surface area contributed by atoms with Gasteiger partial charge in [0.1, 0.15) is 5.75 Å². The van der Waals surface area contributed by atoms with Crippen LogP contribution in [0.3, 0.4) is 0 Å². The Balaban J connectivity index is 1.93. The third kappa shape index (κ3) is 6.44. The smallest absolute Gasteiger partial charge is 0.244 e. The van der Waals surface area contributed by atoms with E-state index < -0.39 is 0 Å². The molecule has 0 bridgehead atoms. The van der Waals surface area contributed by atoms with Gasteiger partial charge in [-0.25, -0.2) is 5.43 Å². The Labute approximate surface area is 157 Å². The van der Waals surface area contributed by atoms with Gasteiger partial charge in [-0.3, -0.25) is 4.79 Å². The number of thioether (sulfide) groups is 1. The average molecular weight is 377 g/mol. The Morgan fingerprint density at radius 2 is 2.00 bits per heavy atom. The first-order valence-corrected chi connectivity index (χ1v) is 9.44. The molecule has 0 unspecified atom stereocenters. The maximum absolute atomic E-state index is 12.1. The lowest BCUT2D eigenvalue weighted by atomic mass is 10.1. The molecule has 1 amide bonds. The van der Waals surface area contributed by atoms with Gasteiger partial charge in [0.25, 0.3) is 0 Å². The van der Waals surface area contributed by atoms with E-state index in [1.165, 1.54) is 0 Å². The SMILES string of the molecule is CCOc1ccc(/C=N\NC(=O)Cc2cc(Cl)ccc2SCC)cc1. The van der Waals surface area contributed by atoms with Crippen LogP contribution in [0.4, 0.5) is 0 Å². The van der Waals surface area contributed by atoms with Crippen LogP contribution < -0.4 is 10.2 Å². The molecule has 25 heavy (non-hydrogen) atoms. The summed E-state index contributed by atoms with van der Waals surface area (Å²) in [7, 11) is 0. The highest BCUT2D eigenvalue weighted by Gasteiger charge is 2.08. The lowest BCUT2D eigenvalue weighted by Gasteiger charge is -2.08. The molecule has 0 fully saturated rings. The summed E-state index contributed by atoms with van der Waals surface area (Å²) in [6.45, 7) is 4.64. The Morgan fingerprint density at radius 1 is 1.24 bits per heavy atom. The van der Waals surface area contributed by atoms with Crippen LogP contribution in [-0.4, -0.2) is 24.5 Å². The first-order chi connectivity index (χ1) is 12.1. The highest BCUT2D eigenvalue weighted by Crippen LogP contribution is 2.26. The molecular formula is C19H21ClN2O2S. The number of rotatable bonds is 8. The van der Waals surface area contributed by atoms with Crippen molar-refractivity contribution in [3.63, 3.8) is 0 Å². The molecule has 0 aliphatic rings. The molecule has 2 aromatic rings. The van der Waals surface area contributed by atoms with Gasteiger partial charge in [-0.05, 0) is 66.3 Å². The van der Waals surface area contributed by atoms with Crippen molar-refractivity contribution in [2.75, 3.05) is 12.4 Å². The van der Waals surface area contributed by atoms with Gasteiger partial charge in [0.15, 0.2) is 0 Å². The number of hydrazone groups is 1. The normalized spacial score (nSPS) is 10.8. The van der Waals surface area contributed by atoms with Crippen LogP contribution in [-0.2, 0) is 11.2 Å².